The molecule has 1 heterocycles. The van der Waals surface area contributed by atoms with Gasteiger partial charge in [0.1, 0.15) is 11.9 Å². The van der Waals surface area contributed by atoms with Gasteiger partial charge < -0.3 is 4.74 Å². The maximum atomic E-state index is 12.8. The minimum Gasteiger partial charge on any atom is -0.444 e. The van der Waals surface area contributed by atoms with Crippen molar-refractivity contribution in [2.24, 2.45) is 5.41 Å². The van der Waals surface area contributed by atoms with Crippen LogP contribution in [-0.2, 0) is 4.74 Å². The summed E-state index contributed by atoms with van der Waals surface area (Å²) in [5.74, 6) is -0.308. The quantitative estimate of drug-likeness (QED) is 0.804. The van der Waals surface area contributed by atoms with Gasteiger partial charge in [0.25, 0.3) is 0 Å². The maximum absolute atomic E-state index is 12.8. The SMILES string of the molecule is CC(C)(C)C[C@H]1CN(c2ccc(F)cc2)C(=O)O1. The zero-order valence-corrected chi connectivity index (χ0v) is 10.9. The fourth-order valence-corrected chi connectivity index (χ4v) is 2.14. The molecule has 1 aromatic carbocycles. The Morgan fingerprint density at radius 2 is 1.94 bits per heavy atom. The van der Waals surface area contributed by atoms with E-state index in [9.17, 15) is 9.18 Å². The molecular formula is C14H18FNO2. The summed E-state index contributed by atoms with van der Waals surface area (Å²) in [6.07, 6.45) is 0.370. The van der Waals surface area contributed by atoms with Crippen LogP contribution in [0.25, 0.3) is 0 Å². The van der Waals surface area contributed by atoms with Crippen molar-refractivity contribution < 1.29 is 13.9 Å². The molecule has 0 aliphatic carbocycles. The van der Waals surface area contributed by atoms with Crippen LogP contribution in [0.1, 0.15) is 27.2 Å². The fraction of sp³-hybridized carbons (Fsp3) is 0.500. The van der Waals surface area contributed by atoms with Crippen LogP contribution in [0.5, 0.6) is 0 Å². The summed E-state index contributed by atoms with van der Waals surface area (Å²) in [5, 5.41) is 0. The standard InChI is InChI=1S/C14H18FNO2/c1-14(2,3)8-12-9-16(13(17)18-12)11-6-4-10(15)5-7-11/h4-7,12H,8-9H2,1-3H3/t12-/m0/s1. The maximum Gasteiger partial charge on any atom is 0.414 e. The first-order valence-electron chi connectivity index (χ1n) is 6.09. The van der Waals surface area contributed by atoms with E-state index >= 15 is 0 Å². The highest BCUT2D eigenvalue weighted by molar-refractivity contribution is 5.89. The molecule has 2 rings (SSSR count). The Labute approximate surface area is 107 Å². The molecule has 1 saturated heterocycles. The first-order chi connectivity index (χ1) is 8.35. The molecule has 0 bridgehead atoms. The number of nitrogens with zero attached hydrogens (tertiary/aromatic N) is 1. The van der Waals surface area contributed by atoms with E-state index in [2.05, 4.69) is 20.8 Å². The topological polar surface area (TPSA) is 29.5 Å². The van der Waals surface area contributed by atoms with Crippen molar-refractivity contribution in [1.29, 1.82) is 0 Å². The van der Waals surface area contributed by atoms with Crippen molar-refractivity contribution in [3.05, 3.63) is 30.1 Å². The lowest BCUT2D eigenvalue weighted by Crippen LogP contribution is -2.25. The molecule has 4 heteroatoms. The average molecular weight is 251 g/mol. The molecular weight excluding hydrogens is 233 g/mol. The normalized spacial score (nSPS) is 20.1. The Kier molecular flexibility index (Phi) is 3.28. The van der Waals surface area contributed by atoms with Crippen LogP contribution in [0.2, 0.25) is 0 Å². The summed E-state index contributed by atoms with van der Waals surface area (Å²) in [6.45, 7) is 6.87. The van der Waals surface area contributed by atoms with Crippen LogP contribution in [0.15, 0.2) is 24.3 Å². The van der Waals surface area contributed by atoms with E-state index in [4.69, 9.17) is 4.74 Å². The highest BCUT2D eigenvalue weighted by Gasteiger charge is 2.34. The second-order valence-corrected chi connectivity index (χ2v) is 5.86. The molecule has 1 aliphatic heterocycles. The molecule has 1 aliphatic rings. The Morgan fingerprint density at radius 3 is 2.50 bits per heavy atom. The fourth-order valence-electron chi connectivity index (χ4n) is 2.14. The van der Waals surface area contributed by atoms with Crippen molar-refractivity contribution in [2.45, 2.75) is 33.3 Å². The summed E-state index contributed by atoms with van der Waals surface area (Å²) >= 11 is 0. The summed E-state index contributed by atoms with van der Waals surface area (Å²) in [6, 6.07) is 5.88. The van der Waals surface area contributed by atoms with E-state index in [0.717, 1.165) is 6.42 Å². The molecule has 1 aromatic rings. The molecule has 0 unspecified atom stereocenters. The summed E-state index contributed by atoms with van der Waals surface area (Å²) < 4.78 is 18.2. The number of cyclic esters (lactones) is 1. The van der Waals surface area contributed by atoms with Gasteiger partial charge in [-0.1, -0.05) is 20.8 Å². The van der Waals surface area contributed by atoms with Gasteiger partial charge in [-0.2, -0.15) is 0 Å². The Morgan fingerprint density at radius 1 is 1.33 bits per heavy atom. The number of rotatable bonds is 2. The molecule has 1 amide bonds. The third-order valence-corrected chi connectivity index (χ3v) is 2.85. The monoisotopic (exact) mass is 251 g/mol. The van der Waals surface area contributed by atoms with E-state index in [-0.39, 0.29) is 23.4 Å². The van der Waals surface area contributed by atoms with E-state index in [1.165, 1.54) is 12.1 Å². The van der Waals surface area contributed by atoms with Gasteiger partial charge in [0.2, 0.25) is 0 Å². The van der Waals surface area contributed by atoms with Gasteiger partial charge in [0.15, 0.2) is 0 Å². The van der Waals surface area contributed by atoms with Crippen LogP contribution in [-0.4, -0.2) is 18.7 Å². The number of ether oxygens (including phenoxy) is 1. The van der Waals surface area contributed by atoms with Crippen LogP contribution in [0, 0.1) is 11.2 Å². The lowest BCUT2D eigenvalue weighted by Gasteiger charge is -2.21. The number of amides is 1. The molecule has 1 fully saturated rings. The van der Waals surface area contributed by atoms with Gasteiger partial charge in [0.05, 0.1) is 6.54 Å². The van der Waals surface area contributed by atoms with Gasteiger partial charge in [-0.3, -0.25) is 4.90 Å². The van der Waals surface area contributed by atoms with Crippen molar-refractivity contribution >= 4 is 11.8 Å². The molecule has 3 nitrogen and oxygen atoms in total. The second kappa shape index (κ2) is 4.59. The molecule has 0 saturated carbocycles. The largest absolute Gasteiger partial charge is 0.444 e. The van der Waals surface area contributed by atoms with E-state index in [0.29, 0.717) is 12.2 Å². The Bertz CT molecular complexity index is 436. The highest BCUT2D eigenvalue weighted by atomic mass is 19.1. The lowest BCUT2D eigenvalue weighted by molar-refractivity contribution is 0.114. The van der Waals surface area contributed by atoms with Gasteiger partial charge in [-0.05, 0) is 36.1 Å². The average Bonchev–Trinajstić information content (AvgIpc) is 2.58. The summed E-state index contributed by atoms with van der Waals surface area (Å²) in [4.78, 5) is 13.3. The molecule has 18 heavy (non-hydrogen) atoms. The lowest BCUT2D eigenvalue weighted by atomic mass is 9.89. The van der Waals surface area contributed by atoms with Crippen LogP contribution in [0.3, 0.4) is 0 Å². The third-order valence-electron chi connectivity index (χ3n) is 2.85. The molecule has 0 radical (unpaired) electrons. The third kappa shape index (κ3) is 3.00. The van der Waals surface area contributed by atoms with Crippen molar-refractivity contribution in [2.75, 3.05) is 11.4 Å². The van der Waals surface area contributed by atoms with Gasteiger partial charge in [-0.25, -0.2) is 9.18 Å². The Hall–Kier alpha value is -1.58. The number of benzene rings is 1. The van der Waals surface area contributed by atoms with E-state index in [1.54, 1.807) is 17.0 Å². The van der Waals surface area contributed by atoms with Crippen LogP contribution >= 0.6 is 0 Å². The molecule has 0 spiro atoms. The zero-order chi connectivity index (χ0) is 13.3. The summed E-state index contributed by atoms with van der Waals surface area (Å²) in [5.41, 5.74) is 0.793. The minimum absolute atomic E-state index is 0.0949. The van der Waals surface area contributed by atoms with E-state index in [1.807, 2.05) is 0 Å². The number of anilines is 1. The Balaban J connectivity index is 2.08. The van der Waals surface area contributed by atoms with Crippen molar-refractivity contribution in [3.63, 3.8) is 0 Å². The molecule has 1 atom stereocenters. The predicted molar refractivity (Wildman–Crippen MR) is 68.1 cm³/mol. The minimum atomic E-state index is -0.351. The van der Waals surface area contributed by atoms with Gasteiger partial charge >= 0.3 is 6.09 Å². The molecule has 98 valence electrons. The highest BCUT2D eigenvalue weighted by Crippen LogP contribution is 2.29. The number of carbonyl (C=O) groups excluding carboxylic acids is 1. The van der Waals surface area contributed by atoms with Crippen molar-refractivity contribution in [3.8, 4) is 0 Å². The van der Waals surface area contributed by atoms with E-state index < -0.39 is 0 Å². The molecule has 0 N–H and O–H groups in total. The van der Waals surface area contributed by atoms with Crippen molar-refractivity contribution in [1.82, 2.24) is 0 Å². The summed E-state index contributed by atoms with van der Waals surface area (Å²) in [7, 11) is 0. The molecule has 0 aromatic heterocycles. The first-order valence-corrected chi connectivity index (χ1v) is 6.09. The first kappa shape index (κ1) is 12.9. The second-order valence-electron chi connectivity index (χ2n) is 5.86. The van der Waals surface area contributed by atoms with Gasteiger partial charge in [-0.15, -0.1) is 0 Å². The smallest absolute Gasteiger partial charge is 0.414 e. The number of hydrogen-bond donors (Lipinski definition) is 0. The number of halogens is 1. The zero-order valence-electron chi connectivity index (χ0n) is 10.9. The van der Waals surface area contributed by atoms with Crippen LogP contribution < -0.4 is 4.90 Å². The van der Waals surface area contributed by atoms with Crippen LogP contribution in [0.4, 0.5) is 14.9 Å². The number of carbonyl (C=O) groups is 1. The predicted octanol–water partition coefficient (Wildman–Crippen LogP) is 3.59. The number of hydrogen-bond acceptors (Lipinski definition) is 2. The van der Waals surface area contributed by atoms with Gasteiger partial charge in [0, 0.05) is 5.69 Å².